The van der Waals surface area contributed by atoms with Crippen molar-refractivity contribution in [3.05, 3.63) is 65.5 Å². The van der Waals surface area contributed by atoms with E-state index in [1.165, 1.54) is 36.4 Å². The van der Waals surface area contributed by atoms with Crippen molar-refractivity contribution in [1.29, 1.82) is 0 Å². The minimum atomic E-state index is -3.48. The molecule has 0 spiro atoms. The molecule has 2 rings (SSSR count). The minimum absolute atomic E-state index is 0.00879. The van der Waals surface area contributed by atoms with Crippen molar-refractivity contribution in [2.75, 3.05) is 12.9 Å². The monoisotopic (exact) mass is 392 g/mol. The van der Waals surface area contributed by atoms with E-state index in [9.17, 15) is 22.4 Å². The fraction of sp³-hybridized carbons (Fsp3) is 0.300. The Balaban J connectivity index is 2.26. The highest BCUT2D eigenvalue weighted by Crippen LogP contribution is 2.20. The van der Waals surface area contributed by atoms with Gasteiger partial charge in [-0.15, -0.1) is 0 Å². The lowest BCUT2D eigenvalue weighted by molar-refractivity contribution is -0.146. The number of ether oxygens (including phenoxy) is 1. The number of esters is 1. The molecule has 0 bridgehead atoms. The van der Waals surface area contributed by atoms with Crippen LogP contribution >= 0.6 is 0 Å². The normalized spacial score (nSPS) is 12.4. The molecule has 0 N–H and O–H groups in total. The molecular weight excluding hydrogens is 371 g/mol. The van der Waals surface area contributed by atoms with Gasteiger partial charge in [0.05, 0.1) is 11.5 Å². The van der Waals surface area contributed by atoms with Crippen LogP contribution in [0.1, 0.15) is 29.3 Å². The van der Waals surface area contributed by atoms with E-state index in [1.54, 1.807) is 19.1 Å². The molecule has 0 saturated heterocycles. The van der Waals surface area contributed by atoms with Gasteiger partial charge < -0.3 is 4.74 Å². The predicted molar refractivity (Wildman–Crippen MR) is 98.7 cm³/mol. The average molecular weight is 392 g/mol. The molecule has 144 valence electrons. The van der Waals surface area contributed by atoms with Crippen LogP contribution in [0.3, 0.4) is 0 Å². The highest BCUT2D eigenvalue weighted by Gasteiger charge is 2.29. The van der Waals surface area contributed by atoms with E-state index in [0.717, 1.165) is 11.8 Å². The number of rotatable bonds is 8. The van der Waals surface area contributed by atoms with Gasteiger partial charge in [-0.3, -0.25) is 9.59 Å². The predicted octanol–water partition coefficient (Wildman–Crippen LogP) is 3.22. The molecule has 0 aliphatic carbocycles. The van der Waals surface area contributed by atoms with Gasteiger partial charge in [-0.1, -0.05) is 24.3 Å². The highest BCUT2D eigenvalue weighted by atomic mass is 32.2. The van der Waals surface area contributed by atoms with Crippen LogP contribution in [0.15, 0.2) is 53.4 Å². The minimum Gasteiger partial charge on any atom is -0.465 e. The van der Waals surface area contributed by atoms with E-state index in [2.05, 4.69) is 0 Å². The van der Waals surface area contributed by atoms with E-state index < -0.39 is 27.5 Å². The van der Waals surface area contributed by atoms with E-state index in [-0.39, 0.29) is 29.3 Å². The van der Waals surface area contributed by atoms with Gasteiger partial charge in [0.25, 0.3) is 0 Å². The molecule has 0 aliphatic heterocycles. The van der Waals surface area contributed by atoms with Crippen LogP contribution in [0.25, 0.3) is 0 Å². The first-order chi connectivity index (χ1) is 12.7. The Kier molecular flexibility index (Phi) is 6.85. The summed E-state index contributed by atoms with van der Waals surface area (Å²) in [6.45, 7) is 1.77. The summed E-state index contributed by atoms with van der Waals surface area (Å²) in [6.07, 6.45) is 1.60. The lowest BCUT2D eigenvalue weighted by atomic mass is 9.91. The largest absolute Gasteiger partial charge is 0.465 e. The molecule has 0 saturated carbocycles. The number of halogens is 1. The number of ketones is 1. The second kappa shape index (κ2) is 8.90. The second-order valence-corrected chi connectivity index (χ2v) is 8.15. The number of sulfone groups is 1. The first-order valence-corrected chi connectivity index (χ1v) is 10.4. The number of aryl methyl sites for hydroxylation is 1. The Labute approximate surface area is 158 Å². The first kappa shape index (κ1) is 20.8. The van der Waals surface area contributed by atoms with Gasteiger partial charge >= 0.3 is 5.97 Å². The lowest BCUT2D eigenvalue weighted by Gasteiger charge is -2.15. The number of hydrogen-bond donors (Lipinski definition) is 0. The third-order valence-corrected chi connectivity index (χ3v) is 5.18. The molecule has 7 heteroatoms. The van der Waals surface area contributed by atoms with Gasteiger partial charge in [-0.05, 0) is 49.6 Å². The van der Waals surface area contributed by atoms with Crippen LogP contribution in [-0.2, 0) is 25.8 Å². The summed E-state index contributed by atoms with van der Waals surface area (Å²) in [5.41, 5.74) is 0.915. The number of carbonyl (C=O) groups is 2. The molecule has 0 aromatic heterocycles. The quantitative estimate of drug-likeness (QED) is 0.392. The lowest BCUT2D eigenvalue weighted by Crippen LogP contribution is -2.27. The molecule has 5 nitrogen and oxygen atoms in total. The van der Waals surface area contributed by atoms with Crippen molar-refractivity contribution < 1.29 is 27.1 Å². The molecule has 1 atom stereocenters. The van der Waals surface area contributed by atoms with E-state index in [1.807, 2.05) is 0 Å². The molecule has 2 aromatic rings. The third-order valence-electron chi connectivity index (χ3n) is 4.07. The maximum Gasteiger partial charge on any atom is 0.316 e. The van der Waals surface area contributed by atoms with Crippen molar-refractivity contribution >= 4 is 21.6 Å². The average Bonchev–Trinajstić information content (AvgIpc) is 2.63. The van der Waals surface area contributed by atoms with Gasteiger partial charge in [-0.25, -0.2) is 12.8 Å². The van der Waals surface area contributed by atoms with Crippen molar-refractivity contribution in [3.63, 3.8) is 0 Å². The smallest absolute Gasteiger partial charge is 0.316 e. The zero-order chi connectivity index (χ0) is 20.0. The zero-order valence-corrected chi connectivity index (χ0v) is 16.0. The van der Waals surface area contributed by atoms with Crippen molar-refractivity contribution in [1.82, 2.24) is 0 Å². The molecule has 1 unspecified atom stereocenters. The molecule has 27 heavy (non-hydrogen) atoms. The Morgan fingerprint density at radius 1 is 1.11 bits per heavy atom. The standard InChI is InChI=1S/C20H21FO5S/c1-3-26-20(23)18(12-9-14-7-10-16(21)11-8-14)19(22)15-5-4-6-17(13-15)27(2,24)25/h4-8,10-11,13,18H,3,9,12H2,1-2H3. The summed E-state index contributed by atoms with van der Waals surface area (Å²) in [5, 5.41) is 0. The fourth-order valence-electron chi connectivity index (χ4n) is 2.64. The van der Waals surface area contributed by atoms with Crippen molar-refractivity contribution in [2.45, 2.75) is 24.7 Å². The summed E-state index contributed by atoms with van der Waals surface area (Å²) in [5.74, 6) is -2.59. The Morgan fingerprint density at radius 2 is 1.78 bits per heavy atom. The molecule has 0 fully saturated rings. The summed E-state index contributed by atoms with van der Waals surface area (Å²) in [7, 11) is -3.48. The second-order valence-electron chi connectivity index (χ2n) is 6.13. The Morgan fingerprint density at radius 3 is 2.37 bits per heavy atom. The fourth-order valence-corrected chi connectivity index (χ4v) is 3.31. The SMILES string of the molecule is CCOC(=O)C(CCc1ccc(F)cc1)C(=O)c1cccc(S(C)(=O)=O)c1. The molecule has 0 heterocycles. The van der Waals surface area contributed by atoms with Crippen LogP contribution in [0.2, 0.25) is 0 Å². The number of benzene rings is 2. The van der Waals surface area contributed by atoms with E-state index in [4.69, 9.17) is 4.74 Å². The highest BCUT2D eigenvalue weighted by molar-refractivity contribution is 7.90. The third kappa shape index (κ3) is 5.72. The topological polar surface area (TPSA) is 77.5 Å². The number of Topliss-reactive ketones (excluding diaryl/α,β-unsaturated/α-hetero) is 1. The summed E-state index contributed by atoms with van der Waals surface area (Å²) >= 11 is 0. The molecular formula is C20H21FO5S. The van der Waals surface area contributed by atoms with Gasteiger partial charge in [0.2, 0.25) is 0 Å². The van der Waals surface area contributed by atoms with E-state index >= 15 is 0 Å². The van der Waals surface area contributed by atoms with Crippen LogP contribution < -0.4 is 0 Å². The van der Waals surface area contributed by atoms with E-state index in [0.29, 0.717) is 6.42 Å². The number of hydrogen-bond acceptors (Lipinski definition) is 5. The Bertz CT molecular complexity index is 920. The first-order valence-electron chi connectivity index (χ1n) is 8.47. The van der Waals surface area contributed by atoms with Crippen LogP contribution in [0.4, 0.5) is 4.39 Å². The summed E-state index contributed by atoms with van der Waals surface area (Å²) in [6, 6.07) is 11.4. The molecule has 0 aliphatic rings. The summed E-state index contributed by atoms with van der Waals surface area (Å²) in [4.78, 5) is 25.2. The van der Waals surface area contributed by atoms with Gasteiger partial charge in [0.1, 0.15) is 11.7 Å². The van der Waals surface area contributed by atoms with Crippen LogP contribution in [-0.4, -0.2) is 33.0 Å². The molecule has 0 radical (unpaired) electrons. The molecule has 0 amide bonds. The van der Waals surface area contributed by atoms with Crippen LogP contribution in [0, 0.1) is 11.7 Å². The van der Waals surface area contributed by atoms with Gasteiger partial charge in [-0.2, -0.15) is 0 Å². The maximum absolute atomic E-state index is 13.0. The Hall–Kier alpha value is -2.54. The van der Waals surface area contributed by atoms with Crippen molar-refractivity contribution in [2.24, 2.45) is 5.92 Å². The number of carbonyl (C=O) groups excluding carboxylic acids is 2. The van der Waals surface area contributed by atoms with Crippen molar-refractivity contribution in [3.8, 4) is 0 Å². The molecule has 2 aromatic carbocycles. The van der Waals surface area contributed by atoms with Crippen LogP contribution in [0.5, 0.6) is 0 Å². The zero-order valence-electron chi connectivity index (χ0n) is 15.1. The van der Waals surface area contributed by atoms with Gasteiger partial charge in [0.15, 0.2) is 15.6 Å². The maximum atomic E-state index is 13.0. The van der Waals surface area contributed by atoms with Gasteiger partial charge in [0, 0.05) is 11.8 Å². The summed E-state index contributed by atoms with van der Waals surface area (Å²) < 4.78 is 41.5.